The molecule has 42 heavy (non-hydrogen) atoms. The Hall–Kier alpha value is -2.92. The molecule has 11 nitrogen and oxygen atoms in total. The zero-order chi connectivity index (χ0) is 30.7. The zero-order valence-corrected chi connectivity index (χ0v) is 26.9. The number of amides is 2. The van der Waals surface area contributed by atoms with Crippen molar-refractivity contribution >= 4 is 26.0 Å². The molecule has 0 saturated carbocycles. The maximum absolute atomic E-state index is 13.5. The molecule has 0 radical (unpaired) electrons. The smallest absolute Gasteiger partial charge is 0.426 e. The van der Waals surface area contributed by atoms with Crippen LogP contribution in [0, 0.1) is 11.3 Å². The summed E-state index contributed by atoms with van der Waals surface area (Å²) in [4.78, 5) is 23.1. The van der Waals surface area contributed by atoms with Crippen molar-refractivity contribution in [3.63, 3.8) is 0 Å². The number of methoxy groups -OCH3 is 2. The Balaban J connectivity index is 1.84. The van der Waals surface area contributed by atoms with E-state index in [1.165, 1.54) is 6.20 Å². The molecule has 228 valence electrons. The minimum Gasteiger partial charge on any atom is -0.488 e. The van der Waals surface area contributed by atoms with E-state index in [0.717, 1.165) is 11.1 Å². The molecule has 12 heteroatoms. The summed E-state index contributed by atoms with van der Waals surface area (Å²) in [5.41, 5.74) is 8.72. The number of ether oxygens (including phenoxy) is 4. The number of aromatic nitrogens is 2. The molecule has 1 unspecified atom stereocenters. The number of carbonyl (C=O) groups is 1. The number of nitrogens with zero attached hydrogens (tertiary/aromatic N) is 4. The van der Waals surface area contributed by atoms with E-state index in [1.807, 2.05) is 6.07 Å². The molecule has 0 spiro atoms. The third-order valence-electron chi connectivity index (χ3n) is 8.74. The number of carbonyl (C=O) groups excluding carboxylic acids is 1. The van der Waals surface area contributed by atoms with Crippen molar-refractivity contribution in [1.29, 1.82) is 5.26 Å². The van der Waals surface area contributed by atoms with E-state index in [-0.39, 0.29) is 16.7 Å². The van der Waals surface area contributed by atoms with Gasteiger partial charge in [0.1, 0.15) is 35.7 Å². The Labute approximate surface area is 249 Å². The van der Waals surface area contributed by atoms with Gasteiger partial charge in [0.25, 0.3) is 0 Å². The molecule has 0 aliphatic carbocycles. The molecule has 0 aromatic carbocycles. The monoisotopic (exact) mass is 598 g/mol. The molecule has 2 aromatic rings. The largest absolute Gasteiger partial charge is 0.488 e. The van der Waals surface area contributed by atoms with Crippen LogP contribution < -0.4 is 15.0 Å². The predicted molar refractivity (Wildman–Crippen MR) is 161 cm³/mol. The number of fused-ring (bicyclic) bond motifs is 1. The van der Waals surface area contributed by atoms with Gasteiger partial charge in [-0.1, -0.05) is 20.8 Å². The summed E-state index contributed by atoms with van der Waals surface area (Å²) >= 11 is 0. The fraction of sp³-hybridized carbons (Fsp3) is 0.600. The van der Waals surface area contributed by atoms with E-state index in [4.69, 9.17) is 34.1 Å². The number of hydrogen-bond donors (Lipinski definition) is 1. The van der Waals surface area contributed by atoms with Crippen LogP contribution in [-0.4, -0.2) is 64.4 Å². The lowest BCUT2D eigenvalue weighted by molar-refractivity contribution is -0.109. The number of nitrogens with two attached hydrogens (primary N) is 1. The van der Waals surface area contributed by atoms with Crippen LogP contribution in [0.1, 0.15) is 68.7 Å². The second kappa shape index (κ2) is 12.7. The highest BCUT2D eigenvalue weighted by Crippen LogP contribution is 2.43. The number of aryl methyl sites for hydroxylation is 1. The molecule has 2 aromatic heterocycles. The van der Waals surface area contributed by atoms with Crippen LogP contribution in [0.25, 0.3) is 0 Å². The van der Waals surface area contributed by atoms with Crippen LogP contribution in [0.2, 0.25) is 18.1 Å². The Morgan fingerprint density at radius 2 is 1.93 bits per heavy atom. The summed E-state index contributed by atoms with van der Waals surface area (Å²) in [6.07, 6.45) is 3.35. The average molecular weight is 599 g/mol. The van der Waals surface area contributed by atoms with Crippen LogP contribution in [0.3, 0.4) is 0 Å². The van der Waals surface area contributed by atoms with Crippen molar-refractivity contribution in [2.75, 3.05) is 34.0 Å². The number of pyridine rings is 2. The molecular weight excluding hydrogens is 554 g/mol. The number of rotatable bonds is 9. The quantitative estimate of drug-likeness (QED) is 0.229. The maximum atomic E-state index is 13.5. The lowest BCUT2D eigenvalue weighted by Gasteiger charge is -2.37. The molecule has 2 N–H and O–H groups in total. The van der Waals surface area contributed by atoms with Gasteiger partial charge in [0, 0.05) is 44.6 Å². The molecule has 2 aliphatic heterocycles. The van der Waals surface area contributed by atoms with Crippen LogP contribution in [0.5, 0.6) is 5.75 Å². The molecule has 2 aliphatic rings. The summed E-state index contributed by atoms with van der Waals surface area (Å²) in [6.45, 7) is 12.9. The lowest BCUT2D eigenvalue weighted by Crippen LogP contribution is -2.56. The molecule has 0 bridgehead atoms. The fourth-order valence-electron chi connectivity index (χ4n) is 5.19. The van der Waals surface area contributed by atoms with Crippen LogP contribution in [0.15, 0.2) is 18.3 Å². The van der Waals surface area contributed by atoms with E-state index in [0.29, 0.717) is 75.1 Å². The number of nitriles is 1. The van der Waals surface area contributed by atoms with Crippen molar-refractivity contribution in [3.05, 3.63) is 40.7 Å². The maximum Gasteiger partial charge on any atom is 0.426 e. The summed E-state index contributed by atoms with van der Waals surface area (Å²) < 4.78 is 29.2. The summed E-state index contributed by atoms with van der Waals surface area (Å²) in [7, 11) is 1.02. The van der Waals surface area contributed by atoms with Crippen molar-refractivity contribution in [3.8, 4) is 11.8 Å². The highest BCUT2D eigenvalue weighted by Gasteiger charge is 2.48. The molecule has 4 heterocycles. The van der Waals surface area contributed by atoms with Gasteiger partial charge in [-0.2, -0.15) is 10.2 Å². The second-order valence-corrected chi connectivity index (χ2v) is 17.2. The highest BCUT2D eigenvalue weighted by atomic mass is 28.4. The molecule has 4 rings (SSSR count). The number of primary amides is 1. The number of urea groups is 1. The van der Waals surface area contributed by atoms with E-state index in [2.05, 4.69) is 44.9 Å². The first kappa shape index (κ1) is 32.0. The van der Waals surface area contributed by atoms with E-state index in [9.17, 15) is 10.1 Å². The van der Waals surface area contributed by atoms with Crippen LogP contribution in [-0.2, 0) is 31.7 Å². The Bertz CT molecular complexity index is 1330. The molecular formula is C30H44N5O6Si+. The van der Waals surface area contributed by atoms with Gasteiger partial charge < -0.3 is 29.1 Å². The van der Waals surface area contributed by atoms with Crippen molar-refractivity contribution in [1.82, 2.24) is 14.5 Å². The fourth-order valence-corrected chi connectivity index (χ4v) is 6.14. The highest BCUT2D eigenvalue weighted by molar-refractivity contribution is 6.74. The van der Waals surface area contributed by atoms with Gasteiger partial charge in [-0.15, -0.1) is 4.48 Å². The van der Waals surface area contributed by atoms with Crippen molar-refractivity contribution in [2.45, 2.75) is 83.6 Å². The van der Waals surface area contributed by atoms with Gasteiger partial charge in [0.05, 0.1) is 32.1 Å². The first-order chi connectivity index (χ1) is 19.9. The molecule has 1 atom stereocenters. The van der Waals surface area contributed by atoms with Gasteiger partial charge in [-0.3, -0.25) is 0 Å². The molecule has 1 saturated heterocycles. The van der Waals surface area contributed by atoms with Crippen molar-refractivity contribution < 1.29 is 28.2 Å². The first-order valence-electron chi connectivity index (χ1n) is 14.4. The number of hydrogen-bond acceptors (Lipinski definition) is 9. The van der Waals surface area contributed by atoms with Crippen LogP contribution in [0.4, 0.5) is 16.4 Å². The Morgan fingerprint density at radius 1 is 1.24 bits per heavy atom. The third kappa shape index (κ3) is 6.22. The van der Waals surface area contributed by atoms with Crippen LogP contribution >= 0.6 is 0 Å². The average Bonchev–Trinajstić information content (AvgIpc) is 2.96. The molecule has 1 fully saturated rings. The number of quaternary nitrogens is 1. The topological polar surface area (TPSA) is 139 Å². The van der Waals surface area contributed by atoms with Gasteiger partial charge in [0.2, 0.25) is 17.9 Å². The SMILES string of the molecule is COC(OC)c1nc2c(cc1CO[Si](C)(C)C(C)(C)C)CCC[N+]2(C(N)=O)c1cc(OC2CCOCC2)c(C#N)cn1. The van der Waals surface area contributed by atoms with Gasteiger partial charge in [-0.25, -0.2) is 9.78 Å². The predicted octanol–water partition coefficient (Wildman–Crippen LogP) is 5.38. The summed E-state index contributed by atoms with van der Waals surface area (Å²) in [5, 5.41) is 9.81. The minimum atomic E-state index is -2.08. The van der Waals surface area contributed by atoms with E-state index >= 15 is 0 Å². The normalized spacial score (nSPS) is 19.8. The zero-order valence-electron chi connectivity index (χ0n) is 25.9. The molecule has 2 amide bonds. The Morgan fingerprint density at radius 3 is 2.52 bits per heavy atom. The minimum absolute atomic E-state index is 0.0282. The Kier molecular flexibility index (Phi) is 9.71. The summed E-state index contributed by atoms with van der Waals surface area (Å²) in [5.74, 6) is 1.18. The first-order valence-corrected chi connectivity index (χ1v) is 17.3. The van der Waals surface area contributed by atoms with E-state index in [1.54, 1.807) is 20.3 Å². The lowest BCUT2D eigenvalue weighted by atomic mass is 9.99. The van der Waals surface area contributed by atoms with Gasteiger partial charge in [-0.05, 0) is 30.6 Å². The third-order valence-corrected chi connectivity index (χ3v) is 13.2. The summed E-state index contributed by atoms with van der Waals surface area (Å²) in [6, 6.07) is 5.23. The van der Waals surface area contributed by atoms with Crippen molar-refractivity contribution in [2.24, 2.45) is 5.73 Å². The van der Waals surface area contributed by atoms with Gasteiger partial charge >= 0.3 is 6.03 Å². The van der Waals surface area contributed by atoms with Gasteiger partial charge in [0.15, 0.2) is 8.32 Å². The van der Waals surface area contributed by atoms with E-state index < -0.39 is 25.1 Å². The standard InChI is InChI=1S/C30H43N5O6Si/c1-30(2,3)42(6,7)40-19-21-15-20-9-8-12-35(29(32)36,27(20)34-26(21)28(37-4)38-5)25-16-24(22(17-31)18-33-25)41-23-10-13-39-14-11-23/h15-16,18,23,28H,8-14,19H2,1-7H3,(H-,32,36)/p+1. The second-order valence-electron chi connectivity index (χ2n) is 12.4.